The van der Waals surface area contributed by atoms with Crippen LogP contribution in [0.15, 0.2) is 18.2 Å². The highest BCUT2D eigenvalue weighted by molar-refractivity contribution is 5.76. The molecule has 0 aromatic heterocycles. The number of carbonyl (C=O) groups is 1. The molecule has 3 N–H and O–H groups in total. The average Bonchev–Trinajstić information content (AvgIpc) is 2.16. The number of carboxylic acid groups (broad SMARTS) is 1. The van der Waals surface area contributed by atoms with Crippen molar-refractivity contribution in [2.75, 3.05) is 7.11 Å². The van der Waals surface area contributed by atoms with E-state index in [0.717, 1.165) is 0 Å². The number of para-hydroxylation sites is 1. The molecule has 0 bridgehead atoms. The summed E-state index contributed by atoms with van der Waals surface area (Å²) in [5.41, 5.74) is 5.46. The maximum absolute atomic E-state index is 13.1. The third-order valence-electron chi connectivity index (χ3n) is 1.80. The Morgan fingerprint density at radius 2 is 2.29 bits per heavy atom. The van der Waals surface area contributed by atoms with Gasteiger partial charge in [-0.25, -0.2) is 4.39 Å². The lowest BCUT2D eigenvalue weighted by Gasteiger charge is -2.12. The van der Waals surface area contributed by atoms with Crippen LogP contribution < -0.4 is 10.5 Å². The smallest absolute Gasteiger partial charge is 0.325 e. The monoisotopic (exact) mass is 199 g/mol. The number of aliphatic carboxylic acids is 1. The summed E-state index contributed by atoms with van der Waals surface area (Å²) in [4.78, 5) is 10.6. The molecule has 1 aromatic rings. The van der Waals surface area contributed by atoms with Crippen molar-refractivity contribution in [2.24, 2.45) is 5.73 Å². The Morgan fingerprint density at radius 1 is 1.64 bits per heavy atom. The van der Waals surface area contributed by atoms with Crippen LogP contribution in [0.5, 0.6) is 5.75 Å². The van der Waals surface area contributed by atoms with E-state index in [2.05, 4.69) is 0 Å². The summed E-state index contributed by atoms with van der Waals surface area (Å²) in [6.07, 6.45) is 0. The predicted molar refractivity (Wildman–Crippen MR) is 47.5 cm³/mol. The molecule has 0 saturated carbocycles. The van der Waals surface area contributed by atoms with Gasteiger partial charge >= 0.3 is 5.97 Å². The topological polar surface area (TPSA) is 72.5 Å². The number of carboxylic acids is 1. The maximum atomic E-state index is 13.1. The molecule has 1 aromatic carbocycles. The number of hydrogen-bond donors (Lipinski definition) is 2. The first-order chi connectivity index (χ1) is 6.57. The van der Waals surface area contributed by atoms with E-state index in [1.165, 1.54) is 25.3 Å². The van der Waals surface area contributed by atoms with Crippen molar-refractivity contribution in [3.63, 3.8) is 0 Å². The Bertz CT molecular complexity index is 354. The lowest BCUT2D eigenvalue weighted by molar-refractivity contribution is -0.138. The standard InChI is InChI=1S/C9H10FNO3/c1-14-8-5(7(11)9(12)13)3-2-4-6(8)10/h2-4,7H,11H2,1H3,(H,12,13)/t7-/m0/s1. The first-order valence-corrected chi connectivity index (χ1v) is 3.88. The minimum absolute atomic E-state index is 0.123. The molecule has 5 heteroatoms. The zero-order valence-electron chi connectivity index (χ0n) is 7.53. The number of ether oxygens (including phenoxy) is 1. The summed E-state index contributed by atoms with van der Waals surface area (Å²) >= 11 is 0. The SMILES string of the molecule is COc1c(F)cccc1[C@H](N)C(=O)O. The highest BCUT2D eigenvalue weighted by atomic mass is 19.1. The van der Waals surface area contributed by atoms with E-state index in [-0.39, 0.29) is 11.3 Å². The van der Waals surface area contributed by atoms with Gasteiger partial charge in [-0.05, 0) is 6.07 Å². The minimum Gasteiger partial charge on any atom is -0.493 e. The van der Waals surface area contributed by atoms with Crippen molar-refractivity contribution in [1.29, 1.82) is 0 Å². The van der Waals surface area contributed by atoms with E-state index in [9.17, 15) is 9.18 Å². The van der Waals surface area contributed by atoms with Gasteiger partial charge in [0.1, 0.15) is 6.04 Å². The van der Waals surface area contributed by atoms with Gasteiger partial charge in [0.25, 0.3) is 0 Å². The summed E-state index contributed by atoms with van der Waals surface area (Å²) in [6.45, 7) is 0. The van der Waals surface area contributed by atoms with E-state index >= 15 is 0 Å². The fourth-order valence-corrected chi connectivity index (χ4v) is 1.12. The molecule has 14 heavy (non-hydrogen) atoms. The number of hydrogen-bond acceptors (Lipinski definition) is 3. The summed E-state index contributed by atoms with van der Waals surface area (Å²) < 4.78 is 17.8. The Hall–Kier alpha value is -1.62. The van der Waals surface area contributed by atoms with E-state index in [1.807, 2.05) is 0 Å². The molecule has 4 nitrogen and oxygen atoms in total. The molecule has 0 unspecified atom stereocenters. The van der Waals surface area contributed by atoms with Crippen molar-refractivity contribution < 1.29 is 19.0 Å². The molecule has 1 atom stereocenters. The summed E-state index contributed by atoms with van der Waals surface area (Å²) in [7, 11) is 1.26. The van der Waals surface area contributed by atoms with Crippen LogP contribution in [0.2, 0.25) is 0 Å². The van der Waals surface area contributed by atoms with Crippen LogP contribution in [0, 0.1) is 5.82 Å². The Morgan fingerprint density at radius 3 is 2.79 bits per heavy atom. The van der Waals surface area contributed by atoms with Crippen LogP contribution in [-0.4, -0.2) is 18.2 Å². The second-order valence-corrected chi connectivity index (χ2v) is 2.68. The Labute approximate surface area is 80.1 Å². The molecule has 0 aliphatic carbocycles. The third kappa shape index (κ3) is 1.82. The molecule has 0 heterocycles. The normalized spacial score (nSPS) is 12.2. The molecule has 0 aliphatic rings. The molecule has 0 fully saturated rings. The second kappa shape index (κ2) is 4.06. The molecule has 0 spiro atoms. The zero-order valence-corrected chi connectivity index (χ0v) is 7.53. The van der Waals surface area contributed by atoms with Crippen LogP contribution in [0.4, 0.5) is 4.39 Å². The van der Waals surface area contributed by atoms with Gasteiger partial charge in [-0.3, -0.25) is 4.79 Å². The fraction of sp³-hybridized carbons (Fsp3) is 0.222. The summed E-state index contributed by atoms with van der Waals surface area (Å²) in [6, 6.07) is 2.70. The number of halogens is 1. The van der Waals surface area contributed by atoms with Crippen molar-refractivity contribution in [3.8, 4) is 5.75 Å². The highest BCUT2D eigenvalue weighted by Gasteiger charge is 2.20. The van der Waals surface area contributed by atoms with Crippen molar-refractivity contribution in [3.05, 3.63) is 29.6 Å². The molecule has 0 amide bonds. The Balaban J connectivity index is 3.20. The molecular weight excluding hydrogens is 189 g/mol. The first kappa shape index (κ1) is 10.5. The molecule has 1 rings (SSSR count). The van der Waals surface area contributed by atoms with Gasteiger partial charge in [0.05, 0.1) is 7.11 Å². The third-order valence-corrected chi connectivity index (χ3v) is 1.80. The molecule has 0 radical (unpaired) electrons. The van der Waals surface area contributed by atoms with Gasteiger partial charge < -0.3 is 15.6 Å². The highest BCUT2D eigenvalue weighted by Crippen LogP contribution is 2.26. The van der Waals surface area contributed by atoms with Crippen LogP contribution in [0.3, 0.4) is 0 Å². The summed E-state index contributed by atoms with van der Waals surface area (Å²) in [5, 5.41) is 8.64. The number of rotatable bonds is 3. The minimum atomic E-state index is -1.28. The molecular formula is C9H10FNO3. The number of benzene rings is 1. The van der Waals surface area contributed by atoms with Crippen molar-refractivity contribution >= 4 is 5.97 Å². The van der Waals surface area contributed by atoms with Gasteiger partial charge in [-0.2, -0.15) is 0 Å². The predicted octanol–water partition coefficient (Wildman–Crippen LogP) is 0.919. The van der Waals surface area contributed by atoms with Gasteiger partial charge in [-0.15, -0.1) is 0 Å². The van der Waals surface area contributed by atoms with E-state index in [4.69, 9.17) is 15.6 Å². The average molecular weight is 199 g/mol. The number of nitrogens with two attached hydrogens (primary N) is 1. The number of methoxy groups -OCH3 is 1. The van der Waals surface area contributed by atoms with Crippen LogP contribution in [-0.2, 0) is 4.79 Å². The van der Waals surface area contributed by atoms with Crippen molar-refractivity contribution in [2.45, 2.75) is 6.04 Å². The lowest BCUT2D eigenvalue weighted by atomic mass is 10.1. The molecule has 0 aliphatic heterocycles. The zero-order chi connectivity index (χ0) is 10.7. The molecule has 76 valence electrons. The summed E-state index contributed by atoms with van der Waals surface area (Å²) in [5.74, 6) is -1.97. The van der Waals surface area contributed by atoms with E-state index in [0.29, 0.717) is 0 Å². The van der Waals surface area contributed by atoms with Gasteiger partial charge in [-0.1, -0.05) is 12.1 Å². The van der Waals surface area contributed by atoms with Crippen LogP contribution >= 0.6 is 0 Å². The van der Waals surface area contributed by atoms with Gasteiger partial charge in [0.2, 0.25) is 0 Å². The second-order valence-electron chi connectivity index (χ2n) is 2.68. The van der Waals surface area contributed by atoms with Gasteiger partial charge in [0, 0.05) is 5.56 Å². The van der Waals surface area contributed by atoms with Gasteiger partial charge in [0.15, 0.2) is 11.6 Å². The fourth-order valence-electron chi connectivity index (χ4n) is 1.12. The maximum Gasteiger partial charge on any atom is 0.325 e. The quantitative estimate of drug-likeness (QED) is 0.759. The van der Waals surface area contributed by atoms with Crippen LogP contribution in [0.25, 0.3) is 0 Å². The molecule has 0 saturated heterocycles. The van der Waals surface area contributed by atoms with Crippen LogP contribution in [0.1, 0.15) is 11.6 Å². The van der Waals surface area contributed by atoms with E-state index in [1.54, 1.807) is 0 Å². The van der Waals surface area contributed by atoms with E-state index < -0.39 is 17.8 Å². The largest absolute Gasteiger partial charge is 0.493 e. The van der Waals surface area contributed by atoms with Crippen molar-refractivity contribution in [1.82, 2.24) is 0 Å². The lowest BCUT2D eigenvalue weighted by Crippen LogP contribution is -2.21. The Kier molecular flexibility index (Phi) is 3.03. The first-order valence-electron chi connectivity index (χ1n) is 3.88.